The van der Waals surface area contributed by atoms with E-state index in [0.29, 0.717) is 26.1 Å². The van der Waals surface area contributed by atoms with Gasteiger partial charge in [-0.15, -0.1) is 0 Å². The van der Waals surface area contributed by atoms with Gasteiger partial charge in [0.25, 0.3) is 0 Å². The molecule has 0 aromatic carbocycles. The molecule has 2 N–H and O–H groups in total. The molecule has 6 nitrogen and oxygen atoms in total. The molecule has 23 heavy (non-hydrogen) atoms. The summed E-state index contributed by atoms with van der Waals surface area (Å²) < 4.78 is 0. The third kappa shape index (κ3) is 4.91. The molecule has 6 heteroatoms. The topological polar surface area (TPSA) is 69.9 Å². The van der Waals surface area contributed by atoms with Crippen molar-refractivity contribution in [3.05, 3.63) is 0 Å². The highest BCUT2D eigenvalue weighted by molar-refractivity contribution is 5.85. The molecule has 0 saturated carbocycles. The van der Waals surface area contributed by atoms with E-state index in [1.165, 1.54) is 6.42 Å². The van der Waals surface area contributed by atoms with Gasteiger partial charge in [-0.1, -0.05) is 13.3 Å². The van der Waals surface area contributed by atoms with Crippen LogP contribution in [-0.4, -0.2) is 77.9 Å². The van der Waals surface area contributed by atoms with Gasteiger partial charge in [-0.3, -0.25) is 14.5 Å². The van der Waals surface area contributed by atoms with Crippen LogP contribution < -0.4 is 5.73 Å². The SMILES string of the molecule is CCCC(C)(N)C(=O)N1CCN(CC(=O)N2CCCCC2)CC1. The van der Waals surface area contributed by atoms with Gasteiger partial charge in [0.15, 0.2) is 0 Å². The summed E-state index contributed by atoms with van der Waals surface area (Å²) in [5, 5.41) is 0. The van der Waals surface area contributed by atoms with E-state index in [9.17, 15) is 9.59 Å². The second kappa shape index (κ2) is 8.11. The fourth-order valence-electron chi connectivity index (χ4n) is 3.53. The maximum atomic E-state index is 12.5. The van der Waals surface area contributed by atoms with E-state index < -0.39 is 5.54 Å². The summed E-state index contributed by atoms with van der Waals surface area (Å²) in [7, 11) is 0. The fraction of sp³-hybridized carbons (Fsp3) is 0.882. The molecule has 132 valence electrons. The van der Waals surface area contributed by atoms with Crippen LogP contribution in [0.25, 0.3) is 0 Å². The number of carbonyl (C=O) groups excluding carboxylic acids is 2. The lowest BCUT2D eigenvalue weighted by Gasteiger charge is -2.39. The average Bonchev–Trinajstić information content (AvgIpc) is 2.55. The molecule has 1 atom stereocenters. The molecule has 2 aliphatic rings. The molecular weight excluding hydrogens is 292 g/mol. The quantitative estimate of drug-likeness (QED) is 0.806. The molecule has 0 aromatic heterocycles. The number of piperazine rings is 1. The fourth-order valence-corrected chi connectivity index (χ4v) is 3.53. The van der Waals surface area contributed by atoms with Crippen molar-refractivity contribution in [2.45, 2.75) is 51.5 Å². The number of nitrogens with two attached hydrogens (primary N) is 1. The number of piperidine rings is 1. The summed E-state index contributed by atoms with van der Waals surface area (Å²) in [4.78, 5) is 30.8. The lowest BCUT2D eigenvalue weighted by atomic mass is 9.95. The third-order valence-corrected chi connectivity index (χ3v) is 4.99. The van der Waals surface area contributed by atoms with Crippen molar-refractivity contribution >= 4 is 11.8 Å². The molecule has 0 bridgehead atoms. The predicted molar refractivity (Wildman–Crippen MR) is 91.0 cm³/mol. The summed E-state index contributed by atoms with van der Waals surface area (Å²) in [6.07, 6.45) is 5.10. The first-order chi connectivity index (χ1) is 10.9. The van der Waals surface area contributed by atoms with Gasteiger partial charge in [0.1, 0.15) is 0 Å². The Morgan fingerprint density at radius 3 is 2.13 bits per heavy atom. The molecule has 0 radical (unpaired) electrons. The van der Waals surface area contributed by atoms with Crippen molar-refractivity contribution < 1.29 is 9.59 Å². The molecule has 0 aliphatic carbocycles. The van der Waals surface area contributed by atoms with Crippen LogP contribution in [0.1, 0.15) is 46.0 Å². The lowest BCUT2D eigenvalue weighted by molar-refractivity contribution is -0.139. The summed E-state index contributed by atoms with van der Waals surface area (Å²) in [5.41, 5.74) is 5.39. The van der Waals surface area contributed by atoms with E-state index in [2.05, 4.69) is 4.90 Å². The van der Waals surface area contributed by atoms with Crippen LogP contribution in [0, 0.1) is 0 Å². The minimum absolute atomic E-state index is 0.0429. The van der Waals surface area contributed by atoms with E-state index in [0.717, 1.165) is 45.4 Å². The maximum absolute atomic E-state index is 12.5. The number of carbonyl (C=O) groups is 2. The highest BCUT2D eigenvalue weighted by atomic mass is 16.2. The van der Waals surface area contributed by atoms with Crippen molar-refractivity contribution in [1.82, 2.24) is 14.7 Å². The molecule has 0 spiro atoms. The van der Waals surface area contributed by atoms with E-state index in [1.54, 1.807) is 0 Å². The first-order valence-corrected chi connectivity index (χ1v) is 9.02. The Morgan fingerprint density at radius 1 is 0.957 bits per heavy atom. The van der Waals surface area contributed by atoms with Crippen LogP contribution in [0.2, 0.25) is 0 Å². The van der Waals surface area contributed by atoms with Crippen LogP contribution in [0.5, 0.6) is 0 Å². The molecule has 2 rings (SSSR count). The van der Waals surface area contributed by atoms with Crippen molar-refractivity contribution in [2.24, 2.45) is 5.73 Å². The van der Waals surface area contributed by atoms with Crippen molar-refractivity contribution in [3.8, 4) is 0 Å². The van der Waals surface area contributed by atoms with Gasteiger partial charge in [0.05, 0.1) is 12.1 Å². The lowest BCUT2D eigenvalue weighted by Crippen LogP contribution is -2.59. The van der Waals surface area contributed by atoms with Crippen LogP contribution in [-0.2, 0) is 9.59 Å². The number of nitrogens with zero attached hydrogens (tertiary/aromatic N) is 3. The van der Waals surface area contributed by atoms with Crippen LogP contribution in [0.15, 0.2) is 0 Å². The molecule has 2 saturated heterocycles. The third-order valence-electron chi connectivity index (χ3n) is 4.99. The van der Waals surface area contributed by atoms with E-state index in [1.807, 2.05) is 23.6 Å². The minimum Gasteiger partial charge on any atom is -0.342 e. The molecule has 2 fully saturated rings. The Kier molecular flexibility index (Phi) is 6.41. The molecule has 1 unspecified atom stereocenters. The predicted octanol–water partition coefficient (Wildman–Crippen LogP) is 0.661. The van der Waals surface area contributed by atoms with Gasteiger partial charge < -0.3 is 15.5 Å². The number of amides is 2. The number of rotatable bonds is 5. The Labute approximate surface area is 140 Å². The molecular formula is C17H32N4O2. The van der Waals surface area contributed by atoms with Crippen LogP contribution in [0.3, 0.4) is 0 Å². The minimum atomic E-state index is -0.763. The number of hydrogen-bond acceptors (Lipinski definition) is 4. The highest BCUT2D eigenvalue weighted by Crippen LogP contribution is 2.15. The van der Waals surface area contributed by atoms with E-state index in [4.69, 9.17) is 5.73 Å². The molecule has 2 aliphatic heterocycles. The smallest absolute Gasteiger partial charge is 0.242 e. The van der Waals surface area contributed by atoms with Crippen molar-refractivity contribution in [2.75, 3.05) is 45.8 Å². The van der Waals surface area contributed by atoms with Crippen LogP contribution >= 0.6 is 0 Å². The summed E-state index contributed by atoms with van der Waals surface area (Å²) in [6, 6.07) is 0. The van der Waals surface area contributed by atoms with Gasteiger partial charge in [-0.25, -0.2) is 0 Å². The van der Waals surface area contributed by atoms with Gasteiger partial charge >= 0.3 is 0 Å². The zero-order chi connectivity index (χ0) is 16.9. The second-order valence-electron chi connectivity index (χ2n) is 7.18. The zero-order valence-electron chi connectivity index (χ0n) is 14.7. The first kappa shape index (κ1) is 18.2. The Hall–Kier alpha value is -1.14. The molecule has 2 amide bonds. The normalized spacial score (nSPS) is 22.7. The highest BCUT2D eigenvalue weighted by Gasteiger charge is 2.33. The summed E-state index contributed by atoms with van der Waals surface area (Å²) in [6.45, 7) is 9.01. The Bertz CT molecular complexity index is 411. The molecule has 0 aromatic rings. The molecule has 2 heterocycles. The van der Waals surface area contributed by atoms with E-state index >= 15 is 0 Å². The van der Waals surface area contributed by atoms with Gasteiger partial charge in [-0.2, -0.15) is 0 Å². The summed E-state index contributed by atoms with van der Waals surface area (Å²) >= 11 is 0. The van der Waals surface area contributed by atoms with E-state index in [-0.39, 0.29) is 11.8 Å². The van der Waals surface area contributed by atoms with Crippen LogP contribution in [0.4, 0.5) is 0 Å². The Morgan fingerprint density at radius 2 is 1.57 bits per heavy atom. The Balaban J connectivity index is 1.77. The second-order valence-corrected chi connectivity index (χ2v) is 7.18. The average molecular weight is 324 g/mol. The van der Waals surface area contributed by atoms with Gasteiger partial charge in [0, 0.05) is 39.3 Å². The monoisotopic (exact) mass is 324 g/mol. The standard InChI is InChI=1S/C17H32N4O2/c1-3-7-17(2,18)16(23)21-12-10-19(11-13-21)14-15(22)20-8-5-4-6-9-20/h3-14,18H2,1-2H3. The van der Waals surface area contributed by atoms with Crippen molar-refractivity contribution in [3.63, 3.8) is 0 Å². The maximum Gasteiger partial charge on any atom is 0.242 e. The zero-order valence-corrected chi connectivity index (χ0v) is 14.7. The number of likely N-dealkylation sites (tertiary alicyclic amines) is 1. The van der Waals surface area contributed by atoms with Gasteiger partial charge in [-0.05, 0) is 32.6 Å². The van der Waals surface area contributed by atoms with Crippen molar-refractivity contribution in [1.29, 1.82) is 0 Å². The first-order valence-electron chi connectivity index (χ1n) is 9.02. The number of hydrogen-bond donors (Lipinski definition) is 1. The van der Waals surface area contributed by atoms with Gasteiger partial charge in [0.2, 0.25) is 11.8 Å². The largest absolute Gasteiger partial charge is 0.342 e. The summed E-state index contributed by atoms with van der Waals surface area (Å²) in [5.74, 6) is 0.278.